The number of hydrogen-bond donors (Lipinski definition) is 5. The molecule has 0 spiro atoms. The number of benzene rings is 1. The van der Waals surface area contributed by atoms with Crippen molar-refractivity contribution < 1.29 is 43.4 Å². The van der Waals surface area contributed by atoms with Gasteiger partial charge < -0.3 is 36.0 Å². The lowest BCUT2D eigenvalue weighted by Gasteiger charge is -2.35. The van der Waals surface area contributed by atoms with E-state index in [4.69, 9.17) is 9.84 Å². The predicted octanol–water partition coefficient (Wildman–Crippen LogP) is 2.44. The minimum Gasteiger partial charge on any atom is -0.480 e. The zero-order valence-corrected chi connectivity index (χ0v) is 28.7. The molecule has 0 aromatic heterocycles. The summed E-state index contributed by atoms with van der Waals surface area (Å²) in [5.41, 5.74) is 0.793. The number of carbonyl (C=O) groups excluding carboxylic acids is 6. The highest BCUT2D eigenvalue weighted by molar-refractivity contribution is 6.38. The van der Waals surface area contributed by atoms with Crippen molar-refractivity contribution in [2.75, 3.05) is 13.1 Å². The third-order valence-corrected chi connectivity index (χ3v) is 8.89. The second-order valence-corrected chi connectivity index (χ2v) is 13.3. The molecule has 1 aromatic carbocycles. The van der Waals surface area contributed by atoms with Crippen LogP contribution in [0.5, 0.6) is 0 Å². The van der Waals surface area contributed by atoms with Crippen LogP contribution in [-0.4, -0.2) is 88.7 Å². The summed E-state index contributed by atoms with van der Waals surface area (Å²) in [5, 5.41) is 19.1. The van der Waals surface area contributed by atoms with Crippen molar-refractivity contribution in [1.29, 1.82) is 0 Å². The number of carboxylic acids is 1. The molecule has 49 heavy (non-hydrogen) atoms. The number of amides is 5. The maximum absolute atomic E-state index is 14.3. The molecule has 0 bridgehead atoms. The maximum Gasteiger partial charge on any atom is 0.408 e. The summed E-state index contributed by atoms with van der Waals surface area (Å²) in [5.74, 6) is -5.07. The largest absolute Gasteiger partial charge is 0.480 e. The van der Waals surface area contributed by atoms with E-state index in [-0.39, 0.29) is 31.4 Å². The van der Waals surface area contributed by atoms with Crippen LogP contribution in [-0.2, 0) is 40.1 Å². The summed E-state index contributed by atoms with van der Waals surface area (Å²) in [4.78, 5) is 91.7. The van der Waals surface area contributed by atoms with Gasteiger partial charge in [0.15, 0.2) is 0 Å². The van der Waals surface area contributed by atoms with Gasteiger partial charge in [0, 0.05) is 6.54 Å². The number of carboxylic acid groups (broad SMARTS) is 1. The Morgan fingerprint density at radius 1 is 0.898 bits per heavy atom. The van der Waals surface area contributed by atoms with Crippen LogP contribution in [0, 0.1) is 11.8 Å². The van der Waals surface area contributed by atoms with Gasteiger partial charge in [-0.3, -0.25) is 28.8 Å². The van der Waals surface area contributed by atoms with Crippen LogP contribution in [0.25, 0.3) is 0 Å². The monoisotopic (exact) mass is 685 g/mol. The first kappa shape index (κ1) is 39.0. The van der Waals surface area contributed by atoms with Gasteiger partial charge in [-0.15, -0.1) is 0 Å². The normalized spacial score (nSPS) is 18.1. The minimum atomic E-state index is -1.31. The highest BCUT2D eigenvalue weighted by atomic mass is 16.5. The highest BCUT2D eigenvalue weighted by Gasteiger charge is 2.42. The second kappa shape index (κ2) is 19.5. The SMILES string of the molecule is CCCC(NC(=O)[C@@H]1CCCN1C(=O)[C@@H](NC(=O)[C@H](CC(C)C)NC(=O)OCc1ccccc1)C1CCCCC1)C(=O)C(=O)NCC(=O)O. The smallest absolute Gasteiger partial charge is 0.408 e. The number of carbonyl (C=O) groups is 7. The summed E-state index contributed by atoms with van der Waals surface area (Å²) < 4.78 is 5.36. The molecular weight excluding hydrogens is 634 g/mol. The van der Waals surface area contributed by atoms with E-state index >= 15 is 0 Å². The lowest BCUT2D eigenvalue weighted by Crippen LogP contribution is -2.60. The Morgan fingerprint density at radius 2 is 1.59 bits per heavy atom. The van der Waals surface area contributed by atoms with Crippen LogP contribution in [0.1, 0.15) is 90.5 Å². The third-order valence-electron chi connectivity index (χ3n) is 8.89. The quantitative estimate of drug-likeness (QED) is 0.153. The molecule has 5 N–H and O–H groups in total. The molecule has 3 rings (SSSR count). The number of hydrogen-bond acceptors (Lipinski definition) is 8. The zero-order valence-electron chi connectivity index (χ0n) is 28.7. The Bertz CT molecular complexity index is 1320. The molecular formula is C35H51N5O9. The summed E-state index contributed by atoms with van der Waals surface area (Å²) >= 11 is 0. The van der Waals surface area contributed by atoms with Crippen LogP contribution >= 0.6 is 0 Å². The van der Waals surface area contributed by atoms with Gasteiger partial charge in [-0.1, -0.05) is 76.8 Å². The average molecular weight is 686 g/mol. The Morgan fingerprint density at radius 3 is 2.22 bits per heavy atom. The Labute approximate surface area is 287 Å². The molecule has 270 valence electrons. The van der Waals surface area contributed by atoms with E-state index in [1.54, 1.807) is 6.92 Å². The molecule has 2 fully saturated rings. The molecule has 2 aliphatic rings. The number of likely N-dealkylation sites (tertiary alicyclic amines) is 1. The van der Waals surface area contributed by atoms with Crippen molar-refractivity contribution in [3.8, 4) is 0 Å². The molecule has 4 atom stereocenters. The number of nitrogens with one attached hydrogen (secondary N) is 4. The van der Waals surface area contributed by atoms with Crippen molar-refractivity contribution in [3.63, 3.8) is 0 Å². The maximum atomic E-state index is 14.3. The molecule has 1 unspecified atom stereocenters. The Balaban J connectivity index is 1.74. The lowest BCUT2D eigenvalue weighted by atomic mass is 9.83. The van der Waals surface area contributed by atoms with Crippen LogP contribution in [0.4, 0.5) is 4.79 Å². The van der Waals surface area contributed by atoms with E-state index in [9.17, 15) is 33.6 Å². The molecule has 1 saturated heterocycles. The fourth-order valence-corrected chi connectivity index (χ4v) is 6.42. The van der Waals surface area contributed by atoms with Crippen LogP contribution in [0.2, 0.25) is 0 Å². The van der Waals surface area contributed by atoms with Gasteiger partial charge in [-0.05, 0) is 55.9 Å². The van der Waals surface area contributed by atoms with Gasteiger partial charge in [0.25, 0.3) is 5.91 Å². The molecule has 1 heterocycles. The number of rotatable bonds is 17. The van der Waals surface area contributed by atoms with Gasteiger partial charge in [-0.2, -0.15) is 0 Å². The fourth-order valence-electron chi connectivity index (χ4n) is 6.42. The molecule has 0 radical (unpaired) electrons. The van der Waals surface area contributed by atoms with Crippen molar-refractivity contribution in [2.24, 2.45) is 11.8 Å². The third kappa shape index (κ3) is 12.2. The van der Waals surface area contributed by atoms with E-state index in [1.807, 2.05) is 49.5 Å². The summed E-state index contributed by atoms with van der Waals surface area (Å²) in [6, 6.07) is 5.12. The first-order chi connectivity index (χ1) is 23.4. The van der Waals surface area contributed by atoms with E-state index in [0.717, 1.165) is 24.8 Å². The summed E-state index contributed by atoms with van der Waals surface area (Å²) in [6.45, 7) is 5.17. The molecule has 1 aliphatic heterocycles. The number of aliphatic carboxylic acids is 1. The standard InChI is InChI=1S/C35H51N5O9/c1-4-12-25(30(43)33(46)36-20-28(41)42)37-32(45)27-17-11-18-40(27)34(47)29(24-15-9-6-10-16-24)39-31(44)26(19-22(2)3)38-35(48)49-21-23-13-7-5-8-14-23/h5,7-8,13-14,22,24-27,29H,4,6,9-12,15-21H2,1-3H3,(H,36,46)(H,37,45)(H,38,48)(H,39,44)(H,41,42)/t25?,26-,27-,29-/m0/s1. The number of ketones is 1. The molecule has 1 aromatic rings. The predicted molar refractivity (Wildman–Crippen MR) is 179 cm³/mol. The second-order valence-electron chi connectivity index (χ2n) is 13.3. The first-order valence-electron chi connectivity index (χ1n) is 17.3. The van der Waals surface area contributed by atoms with Crippen molar-refractivity contribution in [1.82, 2.24) is 26.2 Å². The van der Waals surface area contributed by atoms with Gasteiger partial charge >= 0.3 is 12.1 Å². The Hall–Kier alpha value is -4.49. The molecule has 1 saturated carbocycles. The number of nitrogens with zero attached hydrogens (tertiary/aromatic N) is 1. The van der Waals surface area contributed by atoms with Crippen molar-refractivity contribution in [3.05, 3.63) is 35.9 Å². The van der Waals surface area contributed by atoms with Crippen molar-refractivity contribution in [2.45, 2.75) is 116 Å². The summed E-state index contributed by atoms with van der Waals surface area (Å²) in [6.07, 6.45) is 5.20. The number of Topliss-reactive ketones (excluding diaryl/α,β-unsaturated/α-hetero) is 1. The number of ether oxygens (including phenoxy) is 1. The first-order valence-corrected chi connectivity index (χ1v) is 17.3. The topological polar surface area (TPSA) is 200 Å². The summed E-state index contributed by atoms with van der Waals surface area (Å²) in [7, 11) is 0. The van der Waals surface area contributed by atoms with Gasteiger partial charge in [0.05, 0.1) is 6.04 Å². The van der Waals surface area contributed by atoms with Crippen LogP contribution in [0.3, 0.4) is 0 Å². The van der Waals surface area contributed by atoms with E-state index < -0.39 is 72.2 Å². The average Bonchev–Trinajstić information content (AvgIpc) is 3.58. The molecule has 14 nitrogen and oxygen atoms in total. The van der Waals surface area contributed by atoms with Crippen molar-refractivity contribution >= 4 is 41.5 Å². The van der Waals surface area contributed by atoms with Gasteiger partial charge in [0.2, 0.25) is 23.5 Å². The van der Waals surface area contributed by atoms with Crippen LogP contribution < -0.4 is 21.3 Å². The van der Waals surface area contributed by atoms with E-state index in [2.05, 4.69) is 16.0 Å². The number of alkyl carbamates (subject to hydrolysis) is 1. The highest BCUT2D eigenvalue weighted by Crippen LogP contribution is 2.29. The van der Waals surface area contributed by atoms with E-state index in [1.165, 1.54) is 4.90 Å². The minimum absolute atomic E-state index is 0.0298. The molecule has 1 aliphatic carbocycles. The van der Waals surface area contributed by atoms with E-state index in [0.29, 0.717) is 38.5 Å². The Kier molecular flexibility index (Phi) is 15.5. The molecule has 14 heteroatoms. The van der Waals surface area contributed by atoms with Crippen LogP contribution in [0.15, 0.2) is 30.3 Å². The zero-order chi connectivity index (χ0) is 35.9. The van der Waals surface area contributed by atoms with Gasteiger partial charge in [-0.25, -0.2) is 4.79 Å². The lowest BCUT2D eigenvalue weighted by molar-refractivity contribution is -0.145. The molecule has 5 amide bonds. The fraction of sp³-hybridized carbons (Fsp3) is 0.629. The van der Waals surface area contributed by atoms with Gasteiger partial charge in [0.1, 0.15) is 31.3 Å².